The Labute approximate surface area is 119 Å². The minimum Gasteiger partial charge on any atom is -0.493 e. The number of hydrogen-bond acceptors (Lipinski definition) is 4. The second-order valence-corrected chi connectivity index (χ2v) is 5.08. The van der Waals surface area contributed by atoms with Crippen molar-refractivity contribution in [2.24, 2.45) is 5.73 Å². The van der Waals surface area contributed by atoms with E-state index in [0.717, 1.165) is 31.5 Å². The molecule has 0 radical (unpaired) electrons. The topological polar surface area (TPSA) is 64.8 Å². The van der Waals surface area contributed by atoms with Gasteiger partial charge < -0.3 is 20.1 Å². The minimum atomic E-state index is 0.143. The molecule has 1 amide bonds. The van der Waals surface area contributed by atoms with Crippen molar-refractivity contribution in [2.75, 3.05) is 27.3 Å². The van der Waals surface area contributed by atoms with Crippen LogP contribution in [0, 0.1) is 0 Å². The molecule has 0 aromatic heterocycles. The van der Waals surface area contributed by atoms with Crippen molar-refractivity contribution in [3.63, 3.8) is 0 Å². The van der Waals surface area contributed by atoms with E-state index in [0.29, 0.717) is 17.9 Å². The van der Waals surface area contributed by atoms with Crippen molar-refractivity contribution in [1.82, 2.24) is 4.90 Å². The molecule has 2 N–H and O–H groups in total. The molecule has 1 fully saturated rings. The average Bonchev–Trinajstić information content (AvgIpc) is 2.47. The summed E-state index contributed by atoms with van der Waals surface area (Å²) < 4.78 is 10.4. The zero-order valence-corrected chi connectivity index (χ0v) is 12.1. The Hall–Kier alpha value is -1.75. The Morgan fingerprint density at radius 1 is 1.25 bits per heavy atom. The van der Waals surface area contributed by atoms with E-state index in [-0.39, 0.29) is 11.9 Å². The van der Waals surface area contributed by atoms with Gasteiger partial charge in [-0.3, -0.25) is 4.79 Å². The first-order valence-corrected chi connectivity index (χ1v) is 6.88. The molecule has 5 heteroatoms. The Morgan fingerprint density at radius 2 is 1.90 bits per heavy atom. The lowest BCUT2D eigenvalue weighted by Gasteiger charge is -2.30. The number of methoxy groups -OCH3 is 2. The number of rotatable bonds is 4. The van der Waals surface area contributed by atoms with Crippen LogP contribution in [0.2, 0.25) is 0 Å². The number of carbonyl (C=O) groups is 1. The molecule has 1 heterocycles. The summed E-state index contributed by atoms with van der Waals surface area (Å²) in [5, 5.41) is 0. The SMILES string of the molecule is COc1ccc(CC(=O)N2CCC(N)CC2)cc1OC. The number of carbonyl (C=O) groups excluding carboxylic acids is 1. The molecule has 0 unspecified atom stereocenters. The van der Waals surface area contributed by atoms with E-state index in [9.17, 15) is 4.79 Å². The van der Waals surface area contributed by atoms with Crippen molar-refractivity contribution < 1.29 is 14.3 Å². The van der Waals surface area contributed by atoms with Crippen LogP contribution in [0.1, 0.15) is 18.4 Å². The van der Waals surface area contributed by atoms with Crippen molar-refractivity contribution in [3.05, 3.63) is 23.8 Å². The second-order valence-electron chi connectivity index (χ2n) is 5.08. The Morgan fingerprint density at radius 3 is 2.50 bits per heavy atom. The molecule has 1 aromatic carbocycles. The van der Waals surface area contributed by atoms with Gasteiger partial charge in [0, 0.05) is 19.1 Å². The lowest BCUT2D eigenvalue weighted by atomic mass is 10.0. The first kappa shape index (κ1) is 14.7. The van der Waals surface area contributed by atoms with E-state index < -0.39 is 0 Å². The van der Waals surface area contributed by atoms with E-state index in [1.807, 2.05) is 23.1 Å². The number of amides is 1. The third kappa shape index (κ3) is 3.42. The number of nitrogens with zero attached hydrogens (tertiary/aromatic N) is 1. The summed E-state index contributed by atoms with van der Waals surface area (Å²) in [4.78, 5) is 14.1. The number of hydrogen-bond donors (Lipinski definition) is 1. The third-order valence-corrected chi connectivity index (χ3v) is 3.70. The monoisotopic (exact) mass is 278 g/mol. The lowest BCUT2D eigenvalue weighted by Crippen LogP contribution is -2.43. The first-order chi connectivity index (χ1) is 9.63. The zero-order valence-electron chi connectivity index (χ0n) is 12.1. The molecule has 0 atom stereocenters. The van der Waals surface area contributed by atoms with Crippen LogP contribution < -0.4 is 15.2 Å². The van der Waals surface area contributed by atoms with E-state index in [1.54, 1.807) is 14.2 Å². The Balaban J connectivity index is 2.00. The highest BCUT2D eigenvalue weighted by Crippen LogP contribution is 2.28. The predicted molar refractivity (Wildman–Crippen MR) is 77.0 cm³/mol. The maximum atomic E-state index is 12.2. The maximum Gasteiger partial charge on any atom is 0.226 e. The Kier molecular flexibility index (Phi) is 4.84. The molecule has 5 nitrogen and oxygen atoms in total. The highest BCUT2D eigenvalue weighted by molar-refractivity contribution is 5.79. The minimum absolute atomic E-state index is 0.143. The summed E-state index contributed by atoms with van der Waals surface area (Å²) in [6, 6.07) is 5.81. The van der Waals surface area contributed by atoms with E-state index in [2.05, 4.69) is 0 Å². The molecule has 1 aromatic rings. The molecule has 0 saturated carbocycles. The van der Waals surface area contributed by atoms with Crippen LogP contribution >= 0.6 is 0 Å². The van der Waals surface area contributed by atoms with Crippen LogP contribution in [-0.4, -0.2) is 44.2 Å². The summed E-state index contributed by atoms with van der Waals surface area (Å²) in [6.07, 6.45) is 2.16. The summed E-state index contributed by atoms with van der Waals surface area (Å²) in [6.45, 7) is 1.51. The molecule has 20 heavy (non-hydrogen) atoms. The van der Waals surface area contributed by atoms with Crippen LogP contribution in [0.15, 0.2) is 18.2 Å². The second kappa shape index (κ2) is 6.61. The van der Waals surface area contributed by atoms with Crippen LogP contribution in [0.3, 0.4) is 0 Å². The first-order valence-electron chi connectivity index (χ1n) is 6.88. The average molecular weight is 278 g/mol. The van der Waals surface area contributed by atoms with Gasteiger partial charge in [-0.1, -0.05) is 6.07 Å². The molecule has 2 rings (SSSR count). The van der Waals surface area contributed by atoms with Crippen LogP contribution in [0.4, 0.5) is 0 Å². The summed E-state index contributed by atoms with van der Waals surface area (Å²) in [7, 11) is 3.19. The summed E-state index contributed by atoms with van der Waals surface area (Å²) >= 11 is 0. The van der Waals surface area contributed by atoms with E-state index >= 15 is 0 Å². The van der Waals surface area contributed by atoms with Gasteiger partial charge in [0.2, 0.25) is 5.91 Å². The highest BCUT2D eigenvalue weighted by Gasteiger charge is 2.20. The highest BCUT2D eigenvalue weighted by atomic mass is 16.5. The van der Waals surface area contributed by atoms with Crippen molar-refractivity contribution in [1.29, 1.82) is 0 Å². The summed E-state index contributed by atoms with van der Waals surface area (Å²) in [5.74, 6) is 1.47. The molecule has 110 valence electrons. The maximum absolute atomic E-state index is 12.2. The molecule has 1 aliphatic heterocycles. The molecule has 1 aliphatic rings. The van der Waals surface area contributed by atoms with Gasteiger partial charge in [0.05, 0.1) is 20.6 Å². The lowest BCUT2D eigenvalue weighted by molar-refractivity contribution is -0.131. The van der Waals surface area contributed by atoms with Gasteiger partial charge in [-0.15, -0.1) is 0 Å². The molecule has 0 spiro atoms. The van der Waals surface area contributed by atoms with E-state index in [1.165, 1.54) is 0 Å². The molecular weight excluding hydrogens is 256 g/mol. The van der Waals surface area contributed by atoms with Crippen molar-refractivity contribution >= 4 is 5.91 Å². The summed E-state index contributed by atoms with van der Waals surface area (Å²) in [5.41, 5.74) is 6.78. The fourth-order valence-electron chi connectivity index (χ4n) is 2.43. The van der Waals surface area contributed by atoms with Crippen LogP contribution in [0.25, 0.3) is 0 Å². The largest absolute Gasteiger partial charge is 0.493 e. The predicted octanol–water partition coefficient (Wildman–Crippen LogP) is 1.20. The Bertz CT molecular complexity index is 468. The normalized spacial score (nSPS) is 16.1. The number of benzene rings is 1. The van der Waals surface area contributed by atoms with Gasteiger partial charge in [0.15, 0.2) is 11.5 Å². The van der Waals surface area contributed by atoms with Gasteiger partial charge in [-0.05, 0) is 30.5 Å². The van der Waals surface area contributed by atoms with Crippen molar-refractivity contribution in [2.45, 2.75) is 25.3 Å². The van der Waals surface area contributed by atoms with Crippen LogP contribution in [-0.2, 0) is 11.2 Å². The van der Waals surface area contributed by atoms with E-state index in [4.69, 9.17) is 15.2 Å². The standard InChI is InChI=1S/C15H22N2O3/c1-19-13-4-3-11(9-14(13)20-2)10-15(18)17-7-5-12(16)6-8-17/h3-4,9,12H,5-8,10,16H2,1-2H3. The molecule has 0 bridgehead atoms. The number of piperidine rings is 1. The number of likely N-dealkylation sites (tertiary alicyclic amines) is 1. The number of nitrogens with two attached hydrogens (primary N) is 1. The fourth-order valence-corrected chi connectivity index (χ4v) is 2.43. The fraction of sp³-hybridized carbons (Fsp3) is 0.533. The van der Waals surface area contributed by atoms with Gasteiger partial charge in [0.25, 0.3) is 0 Å². The van der Waals surface area contributed by atoms with Gasteiger partial charge >= 0.3 is 0 Å². The van der Waals surface area contributed by atoms with Gasteiger partial charge in [-0.25, -0.2) is 0 Å². The van der Waals surface area contributed by atoms with Gasteiger partial charge in [-0.2, -0.15) is 0 Å². The molecular formula is C15H22N2O3. The quantitative estimate of drug-likeness (QED) is 0.898. The molecule has 1 saturated heterocycles. The number of ether oxygens (including phenoxy) is 2. The zero-order chi connectivity index (χ0) is 14.5. The molecule has 0 aliphatic carbocycles. The third-order valence-electron chi connectivity index (χ3n) is 3.70. The van der Waals surface area contributed by atoms with Crippen molar-refractivity contribution in [3.8, 4) is 11.5 Å². The van der Waals surface area contributed by atoms with Gasteiger partial charge in [0.1, 0.15) is 0 Å². The smallest absolute Gasteiger partial charge is 0.226 e. The van der Waals surface area contributed by atoms with Crippen LogP contribution in [0.5, 0.6) is 11.5 Å².